The van der Waals surface area contributed by atoms with Crippen LogP contribution in [0.1, 0.15) is 11.1 Å². The van der Waals surface area contributed by atoms with Gasteiger partial charge in [0.05, 0.1) is 39.6 Å². The highest BCUT2D eigenvalue weighted by Gasteiger charge is 2.16. The lowest BCUT2D eigenvalue weighted by molar-refractivity contribution is 0.0172. The molecule has 0 amide bonds. The van der Waals surface area contributed by atoms with Crippen molar-refractivity contribution in [3.63, 3.8) is 0 Å². The van der Waals surface area contributed by atoms with Crippen molar-refractivity contribution in [1.29, 1.82) is 0 Å². The average molecular weight is 517 g/mol. The van der Waals surface area contributed by atoms with Crippen molar-refractivity contribution in [3.8, 4) is 0 Å². The summed E-state index contributed by atoms with van der Waals surface area (Å²) in [5, 5.41) is 1.54. The molecule has 1 aliphatic heterocycles. The molecule has 0 radical (unpaired) electrons. The van der Waals surface area contributed by atoms with Gasteiger partial charge in [-0.3, -0.25) is 4.72 Å². The molecule has 3 N–H and O–H groups in total. The van der Waals surface area contributed by atoms with Gasteiger partial charge in [-0.25, -0.2) is 0 Å². The van der Waals surface area contributed by atoms with E-state index in [4.69, 9.17) is 43.1 Å². The summed E-state index contributed by atoms with van der Waals surface area (Å²) in [6.07, 6.45) is 1.05. The number of benzene rings is 2. The van der Waals surface area contributed by atoms with Crippen LogP contribution in [0.25, 0.3) is 0 Å². The fourth-order valence-corrected chi connectivity index (χ4v) is 4.32. The molecule has 184 valence electrons. The highest BCUT2D eigenvalue weighted by molar-refractivity contribution is 7.97. The minimum absolute atomic E-state index is 0.553. The molecule has 9 heteroatoms. The SMILES string of the molecule is CN1CCc2cc(Cl)cc(Cl)c2C1.NCCOCCOCCOCCNSc1ccccc1. The molecule has 2 aromatic rings. The van der Waals surface area contributed by atoms with Gasteiger partial charge in [0.25, 0.3) is 0 Å². The Morgan fingerprint density at radius 2 is 1.64 bits per heavy atom. The Hall–Kier alpha value is -0.870. The lowest BCUT2D eigenvalue weighted by Gasteiger charge is -2.25. The zero-order chi connectivity index (χ0) is 23.7. The second-order valence-corrected chi connectivity index (χ2v) is 9.26. The predicted molar refractivity (Wildman–Crippen MR) is 138 cm³/mol. The quantitative estimate of drug-likeness (QED) is 0.304. The van der Waals surface area contributed by atoms with Crippen LogP contribution in [0.2, 0.25) is 10.0 Å². The normalized spacial score (nSPS) is 13.3. The number of likely N-dealkylation sites (N-methyl/N-ethyl adjacent to an activating group) is 1. The largest absolute Gasteiger partial charge is 0.378 e. The molecule has 33 heavy (non-hydrogen) atoms. The summed E-state index contributed by atoms with van der Waals surface area (Å²) in [5.41, 5.74) is 7.83. The Labute approximate surface area is 212 Å². The van der Waals surface area contributed by atoms with Crippen LogP contribution in [0.5, 0.6) is 0 Å². The molecule has 0 aromatic heterocycles. The lowest BCUT2D eigenvalue weighted by Crippen LogP contribution is -2.26. The zero-order valence-electron chi connectivity index (χ0n) is 19.2. The number of halogens is 2. The van der Waals surface area contributed by atoms with Crippen molar-refractivity contribution >= 4 is 35.1 Å². The number of ether oxygens (including phenoxy) is 3. The van der Waals surface area contributed by atoms with Crippen LogP contribution < -0.4 is 10.5 Å². The van der Waals surface area contributed by atoms with Crippen LogP contribution >= 0.6 is 35.1 Å². The van der Waals surface area contributed by atoms with Crippen molar-refractivity contribution in [3.05, 3.63) is 63.6 Å². The first-order valence-electron chi connectivity index (χ1n) is 11.1. The molecule has 1 heterocycles. The van der Waals surface area contributed by atoms with Crippen LogP contribution in [-0.4, -0.2) is 71.2 Å². The fourth-order valence-electron chi connectivity index (χ4n) is 3.08. The van der Waals surface area contributed by atoms with Gasteiger partial charge in [0.15, 0.2) is 0 Å². The van der Waals surface area contributed by atoms with Crippen molar-refractivity contribution in [2.45, 2.75) is 17.9 Å². The highest BCUT2D eigenvalue weighted by atomic mass is 35.5. The molecule has 1 aliphatic rings. The predicted octanol–water partition coefficient (Wildman–Crippen LogP) is 4.27. The summed E-state index contributed by atoms with van der Waals surface area (Å²) in [7, 11) is 2.11. The third kappa shape index (κ3) is 12.4. The molecule has 6 nitrogen and oxygen atoms in total. The van der Waals surface area contributed by atoms with Gasteiger partial charge in [0.1, 0.15) is 0 Å². The Morgan fingerprint density at radius 3 is 2.33 bits per heavy atom. The molecule has 3 rings (SSSR count). The Morgan fingerprint density at radius 1 is 0.970 bits per heavy atom. The number of hydrogen-bond donors (Lipinski definition) is 2. The summed E-state index contributed by atoms with van der Waals surface area (Å²) in [4.78, 5) is 3.47. The van der Waals surface area contributed by atoms with E-state index < -0.39 is 0 Å². The van der Waals surface area contributed by atoms with E-state index in [9.17, 15) is 0 Å². The van der Waals surface area contributed by atoms with E-state index in [0.717, 1.165) is 36.1 Å². The monoisotopic (exact) mass is 515 g/mol. The topological polar surface area (TPSA) is 69.0 Å². The first kappa shape index (κ1) is 28.4. The van der Waals surface area contributed by atoms with Gasteiger partial charge >= 0.3 is 0 Å². The van der Waals surface area contributed by atoms with Crippen LogP contribution in [-0.2, 0) is 27.2 Å². The fraction of sp³-hybridized carbons (Fsp3) is 0.500. The smallest absolute Gasteiger partial charge is 0.0701 e. The summed E-state index contributed by atoms with van der Waals surface area (Å²) in [5.74, 6) is 0. The van der Waals surface area contributed by atoms with Gasteiger partial charge in [0, 0.05) is 41.1 Å². The van der Waals surface area contributed by atoms with E-state index >= 15 is 0 Å². The van der Waals surface area contributed by atoms with Crippen molar-refractivity contribution in [2.75, 3.05) is 66.3 Å². The Kier molecular flexibility index (Phi) is 15.1. The van der Waals surface area contributed by atoms with E-state index in [1.54, 1.807) is 11.9 Å². The van der Waals surface area contributed by atoms with E-state index in [1.807, 2.05) is 30.3 Å². The summed E-state index contributed by atoms with van der Waals surface area (Å²) >= 11 is 13.6. The van der Waals surface area contributed by atoms with Crippen LogP contribution in [0.3, 0.4) is 0 Å². The molecule has 0 saturated heterocycles. The third-order valence-electron chi connectivity index (χ3n) is 4.73. The van der Waals surface area contributed by atoms with E-state index in [-0.39, 0.29) is 0 Å². The van der Waals surface area contributed by atoms with Crippen molar-refractivity contribution < 1.29 is 14.2 Å². The molecule has 0 aliphatic carbocycles. The molecule has 0 saturated carbocycles. The second-order valence-electron chi connectivity index (χ2n) is 7.45. The summed E-state index contributed by atoms with van der Waals surface area (Å²) < 4.78 is 19.2. The molecule has 0 bridgehead atoms. The van der Waals surface area contributed by atoms with Gasteiger partial charge in [-0.1, -0.05) is 41.4 Å². The minimum Gasteiger partial charge on any atom is -0.378 e. The first-order valence-corrected chi connectivity index (χ1v) is 12.7. The number of nitrogens with two attached hydrogens (primary N) is 1. The average Bonchev–Trinajstić information content (AvgIpc) is 2.81. The molecule has 0 fully saturated rings. The first-order chi connectivity index (χ1) is 16.1. The van der Waals surface area contributed by atoms with Gasteiger partial charge < -0.3 is 24.8 Å². The van der Waals surface area contributed by atoms with Crippen molar-refractivity contribution in [2.24, 2.45) is 5.73 Å². The maximum absolute atomic E-state index is 6.10. The number of hydrogen-bond acceptors (Lipinski definition) is 7. The number of nitrogens with zero attached hydrogens (tertiary/aromatic N) is 1. The van der Waals surface area contributed by atoms with Crippen molar-refractivity contribution in [1.82, 2.24) is 9.62 Å². The number of rotatable bonds is 13. The maximum atomic E-state index is 6.10. The van der Waals surface area contributed by atoms with Crippen LogP contribution in [0.4, 0.5) is 0 Å². The molecular formula is C24H35Cl2N3O3S. The Balaban J connectivity index is 0.000000254. The summed E-state index contributed by atoms with van der Waals surface area (Å²) in [6.45, 7) is 7.02. The molecule has 0 atom stereocenters. The highest BCUT2D eigenvalue weighted by Crippen LogP contribution is 2.29. The maximum Gasteiger partial charge on any atom is 0.0701 e. The minimum atomic E-state index is 0.553. The van der Waals surface area contributed by atoms with Gasteiger partial charge in [0.2, 0.25) is 0 Å². The molecule has 0 spiro atoms. The lowest BCUT2D eigenvalue weighted by atomic mass is 10.0. The second kappa shape index (κ2) is 17.5. The third-order valence-corrected chi connectivity index (χ3v) is 6.14. The zero-order valence-corrected chi connectivity index (χ0v) is 21.6. The molecule has 2 aromatic carbocycles. The number of nitrogens with one attached hydrogen (secondary N) is 1. The van der Waals surface area contributed by atoms with Gasteiger partial charge in [-0.05, 0) is 60.8 Å². The molecule has 0 unspecified atom stereocenters. The van der Waals surface area contributed by atoms with E-state index in [1.165, 1.54) is 16.0 Å². The van der Waals surface area contributed by atoms with E-state index in [2.05, 4.69) is 28.8 Å². The molecular weight excluding hydrogens is 481 g/mol. The standard InChI is InChI=1S/C14H24N2O3S.C10H11Cl2N/c15-6-8-17-10-12-19-13-11-18-9-7-16-20-14-4-2-1-3-5-14;1-13-3-2-7-4-8(11)5-10(12)9(7)6-13/h1-5,16H,6-13,15H2;4-5H,2-3,6H2,1H3. The van der Waals surface area contributed by atoms with E-state index in [0.29, 0.717) is 46.2 Å². The summed E-state index contributed by atoms with van der Waals surface area (Å²) in [6, 6.07) is 14.0. The van der Waals surface area contributed by atoms with Crippen LogP contribution in [0, 0.1) is 0 Å². The number of fused-ring (bicyclic) bond motifs is 1. The van der Waals surface area contributed by atoms with Gasteiger partial charge in [-0.15, -0.1) is 0 Å². The Bertz CT molecular complexity index is 787. The van der Waals surface area contributed by atoms with Crippen LogP contribution in [0.15, 0.2) is 47.4 Å². The van der Waals surface area contributed by atoms with Gasteiger partial charge in [-0.2, -0.15) is 0 Å².